The molecule has 1 fully saturated rings. The first kappa shape index (κ1) is 28.6. The number of carbonyl (C=O) groups excluding carboxylic acids is 1. The number of rotatable bonds is 9. The fourth-order valence-electron chi connectivity index (χ4n) is 4.27. The zero-order chi connectivity index (χ0) is 29.7. The van der Waals surface area contributed by atoms with Gasteiger partial charge in [-0.1, -0.05) is 0 Å². The van der Waals surface area contributed by atoms with Crippen LogP contribution in [0.15, 0.2) is 36.5 Å². The molecule has 1 aliphatic carbocycles. The number of benzene rings is 1. The van der Waals surface area contributed by atoms with E-state index in [0.717, 1.165) is 6.07 Å². The summed E-state index contributed by atoms with van der Waals surface area (Å²) in [5.74, 6) is -3.43. The average Bonchev–Trinajstić information content (AvgIpc) is 3.65. The molecule has 16 heteroatoms. The van der Waals surface area contributed by atoms with Crippen molar-refractivity contribution in [2.45, 2.75) is 37.0 Å². The number of hydrogen-bond acceptors (Lipinski definition) is 7. The number of amides is 1. The van der Waals surface area contributed by atoms with Gasteiger partial charge in [0.25, 0.3) is 5.91 Å². The van der Waals surface area contributed by atoms with E-state index >= 15 is 0 Å². The fourth-order valence-corrected chi connectivity index (χ4v) is 4.27. The van der Waals surface area contributed by atoms with Crippen molar-refractivity contribution in [1.82, 2.24) is 24.9 Å². The van der Waals surface area contributed by atoms with E-state index in [4.69, 9.17) is 54.4 Å². The number of ether oxygens (including phenoxy) is 2. The van der Waals surface area contributed by atoms with Gasteiger partial charge in [-0.25, -0.2) is 18.3 Å². The van der Waals surface area contributed by atoms with Crippen LogP contribution in [0.3, 0.4) is 0 Å². The second-order valence-electron chi connectivity index (χ2n) is 9.91. The Morgan fingerprint density at radius 1 is 1.12 bits per heavy atom. The molecule has 1 saturated carbocycles. The van der Waals surface area contributed by atoms with Gasteiger partial charge < -0.3 is 20.5 Å². The van der Waals surface area contributed by atoms with Crippen LogP contribution < -0.4 is 20.5 Å². The number of aromatic nitrogens is 4. The second kappa shape index (κ2) is 10.5. The summed E-state index contributed by atoms with van der Waals surface area (Å²) >= 11 is 0. The highest BCUT2D eigenvalue weighted by Crippen LogP contribution is 2.40. The number of aryl methyl sites for hydroxylation is 1. The van der Waals surface area contributed by atoms with Gasteiger partial charge in [0.1, 0.15) is 50.6 Å². The third kappa shape index (κ3) is 6.36. The van der Waals surface area contributed by atoms with Gasteiger partial charge in [-0.3, -0.25) is 4.79 Å². The highest BCUT2D eigenvalue weighted by atomic mass is 19.1. The quantitative estimate of drug-likeness (QED) is 0.305. The maximum absolute atomic E-state index is 14.7. The van der Waals surface area contributed by atoms with Gasteiger partial charge in [-0.2, -0.15) is 4.98 Å². The van der Waals surface area contributed by atoms with E-state index in [-0.39, 0.29) is 41.2 Å². The molecule has 0 aliphatic heterocycles. The summed E-state index contributed by atoms with van der Waals surface area (Å²) < 4.78 is 41.3. The van der Waals surface area contributed by atoms with Gasteiger partial charge in [0.15, 0.2) is 17.2 Å². The summed E-state index contributed by atoms with van der Waals surface area (Å²) in [6, 6.07) is 6.53. The molecule has 10 radical (unpaired) electrons. The SMILES string of the molecule is [B]C([B])([B])Oc1nc(C)c(-c2ccn3nc(N)nc3c2)cc1C(=O)NCc1cc(F)cc(F)c1OC([B])([B])C1CC1. The Hall–Kier alpha value is -3.96. The van der Waals surface area contributed by atoms with Crippen molar-refractivity contribution in [2.24, 2.45) is 5.92 Å². The van der Waals surface area contributed by atoms with Crippen LogP contribution in [0.1, 0.15) is 34.5 Å². The number of carbonyl (C=O) groups is 1. The summed E-state index contributed by atoms with van der Waals surface area (Å²) in [5.41, 5.74) is 7.55. The molecule has 1 aliphatic rings. The van der Waals surface area contributed by atoms with Gasteiger partial charge in [0, 0.05) is 41.0 Å². The Labute approximate surface area is 241 Å². The number of nitrogens with two attached hydrogens (primary N) is 1. The first-order valence-electron chi connectivity index (χ1n) is 12.4. The van der Waals surface area contributed by atoms with Gasteiger partial charge >= 0.3 is 0 Å². The van der Waals surface area contributed by atoms with Crippen molar-refractivity contribution >= 4 is 56.7 Å². The number of anilines is 1. The maximum Gasteiger partial charge on any atom is 0.257 e. The molecule has 41 heavy (non-hydrogen) atoms. The molecule has 3 N–H and O–H groups in total. The second-order valence-corrected chi connectivity index (χ2v) is 9.91. The standard InChI is InChI=1S/C25H19B5F2N6O3/c1-11-16(12-4-5-38-19(7-12)36-23(33)37-38)9-17(22(35-11)41-25(28,29)30)21(39)34-10-13-6-15(31)8-18(32)20(13)40-24(26,27)14-2-3-14/h4-9,14H,2-3,10H2,1H3,(H2,33,37)(H,34,39). The molecule has 3 heterocycles. The molecule has 196 valence electrons. The molecule has 0 saturated heterocycles. The van der Waals surface area contributed by atoms with Crippen LogP contribution in [-0.4, -0.2) is 75.4 Å². The van der Waals surface area contributed by atoms with Crippen LogP contribution in [0.25, 0.3) is 16.8 Å². The minimum Gasteiger partial charge on any atom is -0.503 e. The lowest BCUT2D eigenvalue weighted by molar-refractivity contribution is 0.0945. The Kier molecular flexibility index (Phi) is 7.29. The summed E-state index contributed by atoms with van der Waals surface area (Å²) in [4.78, 5) is 21.9. The van der Waals surface area contributed by atoms with Crippen molar-refractivity contribution in [3.8, 4) is 22.8 Å². The van der Waals surface area contributed by atoms with Crippen molar-refractivity contribution in [1.29, 1.82) is 0 Å². The first-order valence-corrected chi connectivity index (χ1v) is 12.4. The number of hydrogen-bond donors (Lipinski definition) is 2. The lowest BCUT2D eigenvalue weighted by atomic mass is 9.52. The largest absolute Gasteiger partial charge is 0.503 e. The zero-order valence-electron chi connectivity index (χ0n) is 21.9. The molecule has 0 unspecified atom stereocenters. The van der Waals surface area contributed by atoms with E-state index in [1.165, 1.54) is 10.6 Å². The van der Waals surface area contributed by atoms with Crippen LogP contribution in [0.4, 0.5) is 14.7 Å². The number of nitrogens with zero attached hydrogens (tertiary/aromatic N) is 4. The number of pyridine rings is 2. The molecule has 0 spiro atoms. The predicted octanol–water partition coefficient (Wildman–Crippen LogP) is 1.17. The third-order valence-electron chi connectivity index (χ3n) is 6.38. The smallest absolute Gasteiger partial charge is 0.257 e. The van der Waals surface area contributed by atoms with Gasteiger partial charge in [-0.05, 0) is 60.8 Å². The van der Waals surface area contributed by atoms with E-state index in [1.54, 1.807) is 25.3 Å². The lowest BCUT2D eigenvalue weighted by Crippen LogP contribution is -2.40. The van der Waals surface area contributed by atoms with Crippen LogP contribution in [0.5, 0.6) is 11.6 Å². The molecule has 3 aromatic heterocycles. The summed E-state index contributed by atoms with van der Waals surface area (Å²) in [6.45, 7) is 1.29. The van der Waals surface area contributed by atoms with E-state index in [2.05, 4.69) is 20.4 Å². The molecule has 0 bridgehead atoms. The summed E-state index contributed by atoms with van der Waals surface area (Å²) in [5, 5.41) is 2.78. The minimum atomic E-state index is -2.17. The minimum absolute atomic E-state index is 0.0415. The van der Waals surface area contributed by atoms with Crippen LogP contribution >= 0.6 is 0 Å². The normalized spacial score (nSPS) is 13.7. The lowest BCUT2D eigenvalue weighted by Gasteiger charge is -2.29. The highest BCUT2D eigenvalue weighted by Gasteiger charge is 2.39. The number of nitrogens with one attached hydrogen (secondary N) is 1. The maximum atomic E-state index is 14.7. The van der Waals surface area contributed by atoms with Gasteiger partial charge in [0.2, 0.25) is 11.8 Å². The van der Waals surface area contributed by atoms with E-state index in [1.807, 2.05) is 0 Å². The van der Waals surface area contributed by atoms with Crippen molar-refractivity contribution < 1.29 is 23.0 Å². The Balaban J connectivity index is 1.48. The zero-order valence-corrected chi connectivity index (χ0v) is 21.9. The van der Waals surface area contributed by atoms with Crippen molar-refractivity contribution in [2.75, 3.05) is 5.73 Å². The van der Waals surface area contributed by atoms with Gasteiger partial charge in [0.05, 0.1) is 0 Å². The predicted molar refractivity (Wildman–Crippen MR) is 151 cm³/mol. The molecule has 1 amide bonds. The summed E-state index contributed by atoms with van der Waals surface area (Å²) in [7, 11) is 28.9. The average molecular weight is 544 g/mol. The molecular formula is C25H19B5F2N6O3. The fraction of sp³-hybridized carbons (Fsp3) is 0.280. The van der Waals surface area contributed by atoms with Crippen LogP contribution in [0.2, 0.25) is 0 Å². The Morgan fingerprint density at radius 3 is 2.54 bits per heavy atom. The molecule has 1 aromatic carbocycles. The third-order valence-corrected chi connectivity index (χ3v) is 6.38. The van der Waals surface area contributed by atoms with E-state index in [9.17, 15) is 13.6 Å². The number of nitrogen functional groups attached to an aromatic ring is 1. The van der Waals surface area contributed by atoms with Crippen LogP contribution in [-0.2, 0) is 6.54 Å². The molecule has 4 aromatic rings. The molecule has 9 nitrogen and oxygen atoms in total. The molecular weight excluding hydrogens is 524 g/mol. The molecule has 0 atom stereocenters. The number of fused-ring (bicyclic) bond motifs is 1. The van der Waals surface area contributed by atoms with Crippen LogP contribution in [0, 0.1) is 24.5 Å². The van der Waals surface area contributed by atoms with Crippen molar-refractivity contribution in [3.05, 3.63) is 65.0 Å². The molecule has 5 rings (SSSR count). The first-order chi connectivity index (χ1) is 19.2. The van der Waals surface area contributed by atoms with Crippen molar-refractivity contribution in [3.63, 3.8) is 0 Å². The van der Waals surface area contributed by atoms with E-state index < -0.39 is 28.2 Å². The Bertz CT molecular complexity index is 1660. The van der Waals surface area contributed by atoms with Gasteiger partial charge in [-0.15, -0.1) is 5.10 Å². The Morgan fingerprint density at radius 2 is 1.85 bits per heavy atom. The highest BCUT2D eigenvalue weighted by molar-refractivity contribution is 6.58. The number of halogens is 2. The monoisotopic (exact) mass is 544 g/mol. The topological polar surface area (TPSA) is 117 Å². The summed E-state index contributed by atoms with van der Waals surface area (Å²) in [6.07, 6.45) is 3.05. The van der Waals surface area contributed by atoms with E-state index in [0.29, 0.717) is 41.4 Å².